The molecule has 1 N–H and O–H groups in total. The Morgan fingerprint density at radius 3 is 2.65 bits per heavy atom. The van der Waals surface area contributed by atoms with Gasteiger partial charge in [-0.3, -0.25) is 10.4 Å². The summed E-state index contributed by atoms with van der Waals surface area (Å²) in [6, 6.07) is 24.0. The van der Waals surface area contributed by atoms with Gasteiger partial charge in [-0.25, -0.2) is 4.68 Å². The number of aromatic nitrogens is 4. The number of para-hydroxylation sites is 1. The third-order valence-electron chi connectivity index (χ3n) is 6.46. The normalized spacial score (nSPS) is 13.1. The number of halogens is 1. The zero-order valence-corrected chi connectivity index (χ0v) is 21.7. The lowest BCUT2D eigenvalue weighted by Gasteiger charge is -2.20. The van der Waals surface area contributed by atoms with Gasteiger partial charge >= 0.3 is 0 Å². The van der Waals surface area contributed by atoms with E-state index in [4.69, 9.17) is 9.72 Å². The number of pyridine rings is 1. The molecule has 184 valence electrons. The summed E-state index contributed by atoms with van der Waals surface area (Å²) in [6.45, 7) is 0.339. The van der Waals surface area contributed by atoms with E-state index < -0.39 is 0 Å². The molecular formula is C29H25BrN6O. The summed E-state index contributed by atoms with van der Waals surface area (Å²) < 4.78 is 8.67. The van der Waals surface area contributed by atoms with Gasteiger partial charge in [-0.15, -0.1) is 5.10 Å². The molecule has 1 aliphatic carbocycles. The van der Waals surface area contributed by atoms with Gasteiger partial charge in [-0.05, 0) is 91.4 Å². The summed E-state index contributed by atoms with van der Waals surface area (Å²) in [5, 5.41) is 14.1. The average Bonchev–Trinajstić information content (AvgIpc) is 3.42. The molecule has 7 nitrogen and oxygen atoms in total. The number of hydrogen-bond acceptors (Lipinski definition) is 6. The molecule has 2 heterocycles. The van der Waals surface area contributed by atoms with E-state index in [0.29, 0.717) is 6.61 Å². The average molecular weight is 553 g/mol. The van der Waals surface area contributed by atoms with Crippen LogP contribution >= 0.6 is 15.9 Å². The van der Waals surface area contributed by atoms with Crippen molar-refractivity contribution in [2.75, 3.05) is 5.43 Å². The quantitative estimate of drug-likeness (QED) is 0.184. The first-order chi connectivity index (χ1) is 18.2. The molecule has 0 unspecified atom stereocenters. The topological polar surface area (TPSA) is 77.2 Å². The molecule has 0 saturated heterocycles. The van der Waals surface area contributed by atoms with Crippen molar-refractivity contribution < 1.29 is 4.74 Å². The highest BCUT2D eigenvalue weighted by atomic mass is 79.9. The fourth-order valence-corrected chi connectivity index (χ4v) is 4.83. The monoisotopic (exact) mass is 552 g/mol. The third-order valence-corrected chi connectivity index (χ3v) is 6.99. The molecule has 6 rings (SSSR count). The molecule has 0 saturated carbocycles. The predicted molar refractivity (Wildman–Crippen MR) is 149 cm³/mol. The maximum atomic E-state index is 5.91. The molecule has 2 aromatic heterocycles. The van der Waals surface area contributed by atoms with E-state index in [2.05, 4.69) is 48.9 Å². The lowest BCUT2D eigenvalue weighted by molar-refractivity contribution is 0.301. The van der Waals surface area contributed by atoms with Gasteiger partial charge in [-0.2, -0.15) is 5.10 Å². The van der Waals surface area contributed by atoms with E-state index in [1.54, 1.807) is 4.68 Å². The number of hydrazone groups is 1. The molecule has 1 aliphatic rings. The largest absolute Gasteiger partial charge is 0.487 e. The van der Waals surface area contributed by atoms with E-state index in [1.807, 2.05) is 73.1 Å². The van der Waals surface area contributed by atoms with Crippen LogP contribution in [-0.4, -0.2) is 26.2 Å². The van der Waals surface area contributed by atoms with Gasteiger partial charge < -0.3 is 4.74 Å². The lowest BCUT2D eigenvalue weighted by Crippen LogP contribution is -2.09. The van der Waals surface area contributed by atoms with Gasteiger partial charge in [0.05, 0.1) is 29.3 Å². The smallest absolute Gasteiger partial charge is 0.134 e. The van der Waals surface area contributed by atoms with Crippen molar-refractivity contribution >= 4 is 38.7 Å². The summed E-state index contributed by atoms with van der Waals surface area (Å²) in [5.74, 6) is 0.762. The van der Waals surface area contributed by atoms with Crippen LogP contribution in [0.25, 0.3) is 16.6 Å². The Balaban J connectivity index is 1.10. The van der Waals surface area contributed by atoms with Crippen molar-refractivity contribution in [1.82, 2.24) is 20.0 Å². The SMILES string of the molecule is Brc1ccc(-n2cc(COc3ccc(C=NNc4c5c(nc6ccccc46)CCCC5)cc3)nn2)cc1. The van der Waals surface area contributed by atoms with E-state index in [-0.39, 0.29) is 0 Å². The fraction of sp³-hybridized carbons (Fsp3) is 0.172. The summed E-state index contributed by atoms with van der Waals surface area (Å²) >= 11 is 3.45. The molecule has 8 heteroatoms. The molecule has 0 radical (unpaired) electrons. The van der Waals surface area contributed by atoms with Crippen molar-refractivity contribution in [3.8, 4) is 11.4 Å². The van der Waals surface area contributed by atoms with Gasteiger partial charge in [0.15, 0.2) is 0 Å². The predicted octanol–water partition coefficient (Wildman–Crippen LogP) is 6.48. The second-order valence-electron chi connectivity index (χ2n) is 8.99. The Kier molecular flexibility index (Phi) is 6.64. The molecule has 0 fully saturated rings. The van der Waals surface area contributed by atoms with Crippen LogP contribution in [0.15, 0.2) is 88.6 Å². The van der Waals surface area contributed by atoms with Crippen LogP contribution in [0.1, 0.15) is 35.4 Å². The van der Waals surface area contributed by atoms with Crippen molar-refractivity contribution in [3.63, 3.8) is 0 Å². The van der Waals surface area contributed by atoms with Gasteiger partial charge in [0.1, 0.15) is 18.1 Å². The zero-order valence-electron chi connectivity index (χ0n) is 20.1. The van der Waals surface area contributed by atoms with Crippen LogP contribution in [0.2, 0.25) is 0 Å². The summed E-state index contributed by atoms with van der Waals surface area (Å²) in [7, 11) is 0. The maximum absolute atomic E-state index is 5.91. The minimum atomic E-state index is 0.339. The van der Waals surface area contributed by atoms with Crippen LogP contribution in [0, 0.1) is 0 Å². The standard InChI is InChI=1S/C29H25BrN6O/c30-21-11-13-23(14-12-21)36-18-22(33-35-36)19-37-24-15-9-20(10-16-24)17-31-34-29-25-5-1-3-7-27(25)32-28-8-4-2-6-26(28)29/h1,3,5,7,9-18H,2,4,6,8,19H2,(H,32,34). The van der Waals surface area contributed by atoms with Crippen LogP contribution in [0.3, 0.4) is 0 Å². The fourth-order valence-electron chi connectivity index (χ4n) is 4.56. The van der Waals surface area contributed by atoms with Crippen molar-refractivity contribution in [1.29, 1.82) is 0 Å². The first-order valence-electron chi connectivity index (χ1n) is 12.3. The number of ether oxygens (including phenoxy) is 1. The molecule has 0 bridgehead atoms. The van der Waals surface area contributed by atoms with Crippen LogP contribution in [0.5, 0.6) is 5.75 Å². The van der Waals surface area contributed by atoms with Crippen LogP contribution in [0.4, 0.5) is 5.69 Å². The second-order valence-corrected chi connectivity index (χ2v) is 9.91. The third kappa shape index (κ3) is 5.24. The number of hydrogen-bond donors (Lipinski definition) is 1. The van der Waals surface area contributed by atoms with Crippen LogP contribution < -0.4 is 10.2 Å². The summed E-state index contributed by atoms with van der Waals surface area (Å²) in [4.78, 5) is 4.89. The first kappa shape index (κ1) is 23.4. The highest BCUT2D eigenvalue weighted by Gasteiger charge is 2.17. The molecule has 0 atom stereocenters. The Morgan fingerprint density at radius 2 is 1.78 bits per heavy atom. The number of rotatable bonds is 7. The molecular weight excluding hydrogens is 528 g/mol. The van der Waals surface area contributed by atoms with Gasteiger partial charge in [0.25, 0.3) is 0 Å². The lowest BCUT2D eigenvalue weighted by atomic mass is 9.93. The summed E-state index contributed by atoms with van der Waals surface area (Å²) in [6.07, 6.45) is 8.15. The number of nitrogens with one attached hydrogen (secondary N) is 1. The van der Waals surface area contributed by atoms with Crippen molar-refractivity contribution in [2.24, 2.45) is 5.10 Å². The Labute approximate surface area is 223 Å². The minimum Gasteiger partial charge on any atom is -0.487 e. The van der Waals surface area contributed by atoms with Gasteiger partial charge in [-0.1, -0.05) is 39.3 Å². The second kappa shape index (κ2) is 10.5. The first-order valence-corrected chi connectivity index (χ1v) is 13.1. The number of nitrogens with zero attached hydrogens (tertiary/aromatic N) is 5. The Morgan fingerprint density at radius 1 is 0.973 bits per heavy atom. The molecule has 0 amide bonds. The number of fused-ring (bicyclic) bond motifs is 2. The van der Waals surface area contributed by atoms with Crippen molar-refractivity contribution in [3.05, 3.63) is 106 Å². The van der Waals surface area contributed by atoms with E-state index in [9.17, 15) is 0 Å². The number of anilines is 1. The zero-order chi connectivity index (χ0) is 25.0. The highest BCUT2D eigenvalue weighted by molar-refractivity contribution is 9.10. The molecule has 5 aromatic rings. The van der Waals surface area contributed by atoms with Crippen LogP contribution in [-0.2, 0) is 19.4 Å². The van der Waals surface area contributed by atoms with E-state index >= 15 is 0 Å². The van der Waals surface area contributed by atoms with Gasteiger partial charge in [0.2, 0.25) is 0 Å². The number of aryl methyl sites for hydroxylation is 1. The maximum Gasteiger partial charge on any atom is 0.134 e. The molecule has 3 aromatic carbocycles. The van der Waals surface area contributed by atoms with Crippen molar-refractivity contribution in [2.45, 2.75) is 32.3 Å². The molecule has 0 aliphatic heterocycles. The van der Waals surface area contributed by atoms with E-state index in [0.717, 1.165) is 56.6 Å². The highest BCUT2D eigenvalue weighted by Crippen LogP contribution is 2.33. The van der Waals surface area contributed by atoms with E-state index in [1.165, 1.54) is 24.1 Å². The summed E-state index contributed by atoms with van der Waals surface area (Å²) in [5.41, 5.74) is 10.6. The van der Waals surface area contributed by atoms with Gasteiger partial charge in [0, 0.05) is 15.6 Å². The minimum absolute atomic E-state index is 0.339. The Bertz CT molecular complexity index is 1560. The molecule has 37 heavy (non-hydrogen) atoms. The number of benzene rings is 3. The molecule has 0 spiro atoms. The Hall–Kier alpha value is -4.04.